The predicted molar refractivity (Wildman–Crippen MR) is 65.9 cm³/mol. The number of rotatable bonds is 5. The van der Waals surface area contributed by atoms with Crippen LogP contribution in [0.5, 0.6) is 0 Å². The Morgan fingerprint density at radius 3 is 2.29 bits per heavy atom. The molecule has 0 saturated heterocycles. The van der Waals surface area contributed by atoms with Crippen LogP contribution in [0.3, 0.4) is 0 Å². The number of hydrogen-bond donors (Lipinski definition) is 2. The molecule has 21 heavy (non-hydrogen) atoms. The van der Waals surface area contributed by atoms with Crippen LogP contribution in [0.4, 0.5) is 13.2 Å². The first kappa shape index (κ1) is 17.0. The first-order valence-electron chi connectivity index (χ1n) is 5.89. The summed E-state index contributed by atoms with van der Waals surface area (Å²) in [6.45, 7) is -0.0191. The van der Waals surface area contributed by atoms with Crippen LogP contribution in [0.1, 0.15) is 12.0 Å². The third kappa shape index (κ3) is 4.19. The predicted octanol–water partition coefficient (Wildman–Crippen LogP) is 1.16. The van der Waals surface area contributed by atoms with E-state index in [0.717, 1.165) is 0 Å². The van der Waals surface area contributed by atoms with Crippen LogP contribution in [0, 0.1) is 0 Å². The van der Waals surface area contributed by atoms with Gasteiger partial charge in [-0.1, -0.05) is 30.3 Å². The lowest BCUT2D eigenvalue weighted by Gasteiger charge is -2.26. The van der Waals surface area contributed by atoms with Crippen LogP contribution in [0.2, 0.25) is 0 Å². The van der Waals surface area contributed by atoms with Crippen molar-refractivity contribution >= 4 is 11.9 Å². The zero-order chi connectivity index (χ0) is 16.1. The Hall–Kier alpha value is -2.09. The van der Waals surface area contributed by atoms with Gasteiger partial charge in [-0.2, -0.15) is 13.2 Å². The molecule has 1 aromatic rings. The third-order valence-electron chi connectivity index (χ3n) is 2.74. The van der Waals surface area contributed by atoms with Crippen molar-refractivity contribution in [2.45, 2.75) is 24.7 Å². The van der Waals surface area contributed by atoms with Gasteiger partial charge in [-0.15, -0.1) is 0 Å². The average Bonchev–Trinajstić information content (AvgIpc) is 2.44. The molecule has 0 aliphatic rings. The summed E-state index contributed by atoms with van der Waals surface area (Å²) in [5, 5.41) is 11.6. The van der Waals surface area contributed by atoms with E-state index in [1.165, 1.54) is 0 Å². The van der Waals surface area contributed by atoms with Crippen molar-refractivity contribution in [2.24, 2.45) is 0 Å². The maximum absolute atomic E-state index is 12.7. The van der Waals surface area contributed by atoms with Gasteiger partial charge in [-0.3, -0.25) is 4.79 Å². The Balaban J connectivity index is 2.72. The molecule has 0 fully saturated rings. The van der Waals surface area contributed by atoms with Crippen LogP contribution in [0.25, 0.3) is 0 Å². The average molecular weight is 305 g/mol. The second-order valence-corrected chi connectivity index (χ2v) is 4.29. The van der Waals surface area contributed by atoms with Crippen molar-refractivity contribution in [1.82, 2.24) is 5.32 Å². The van der Waals surface area contributed by atoms with E-state index in [1.807, 2.05) is 0 Å². The highest BCUT2D eigenvalue weighted by atomic mass is 19.4. The second kappa shape index (κ2) is 6.57. The Labute approximate surface area is 118 Å². The summed E-state index contributed by atoms with van der Waals surface area (Å²) in [6, 6.07) is 8.46. The zero-order valence-corrected chi connectivity index (χ0v) is 11.1. The van der Waals surface area contributed by atoms with E-state index in [4.69, 9.17) is 0 Å². The van der Waals surface area contributed by atoms with E-state index in [1.54, 1.807) is 30.3 Å². The van der Waals surface area contributed by atoms with Crippen LogP contribution in [-0.2, 0) is 20.9 Å². The van der Waals surface area contributed by atoms with Crippen LogP contribution < -0.4 is 5.32 Å². The summed E-state index contributed by atoms with van der Waals surface area (Å²) >= 11 is 0. The molecule has 1 unspecified atom stereocenters. The van der Waals surface area contributed by atoms with Gasteiger partial charge in [0.25, 0.3) is 5.60 Å². The first-order valence-corrected chi connectivity index (χ1v) is 5.89. The molecule has 1 atom stereocenters. The molecule has 2 N–H and O–H groups in total. The quantitative estimate of drug-likeness (QED) is 0.801. The lowest BCUT2D eigenvalue weighted by Crippen LogP contribution is -2.55. The van der Waals surface area contributed by atoms with Crippen LogP contribution >= 0.6 is 0 Å². The molecule has 0 heterocycles. The third-order valence-corrected chi connectivity index (χ3v) is 2.74. The molecule has 0 aliphatic heterocycles. The SMILES string of the molecule is COC(=O)C(O)(CC(=O)NCc1ccccc1)C(F)(F)F. The molecule has 5 nitrogen and oxygen atoms in total. The van der Waals surface area contributed by atoms with E-state index in [0.29, 0.717) is 12.7 Å². The Bertz CT molecular complexity index is 504. The fourth-order valence-electron chi connectivity index (χ4n) is 1.55. The number of nitrogens with one attached hydrogen (secondary N) is 1. The van der Waals surface area contributed by atoms with Crippen molar-refractivity contribution in [3.8, 4) is 0 Å². The van der Waals surface area contributed by atoms with Gasteiger partial charge in [-0.25, -0.2) is 4.79 Å². The van der Waals surface area contributed by atoms with Gasteiger partial charge in [-0.05, 0) is 5.56 Å². The normalized spacial score (nSPS) is 14.1. The highest BCUT2D eigenvalue weighted by Crippen LogP contribution is 2.34. The zero-order valence-electron chi connectivity index (χ0n) is 11.1. The van der Waals surface area contributed by atoms with Gasteiger partial charge in [0.2, 0.25) is 5.91 Å². The number of methoxy groups -OCH3 is 1. The maximum atomic E-state index is 12.7. The van der Waals surface area contributed by atoms with Gasteiger partial charge < -0.3 is 15.2 Å². The molecule has 0 aromatic heterocycles. The number of carbonyl (C=O) groups is 2. The molecule has 0 saturated carbocycles. The van der Waals surface area contributed by atoms with Crippen molar-refractivity contribution in [3.63, 3.8) is 0 Å². The van der Waals surface area contributed by atoms with Crippen LogP contribution in [0.15, 0.2) is 30.3 Å². The monoisotopic (exact) mass is 305 g/mol. The van der Waals surface area contributed by atoms with Crippen molar-refractivity contribution in [2.75, 3.05) is 7.11 Å². The minimum Gasteiger partial charge on any atom is -0.467 e. The minimum absolute atomic E-state index is 0.0191. The molecule has 1 rings (SSSR count). The lowest BCUT2D eigenvalue weighted by molar-refractivity contribution is -0.262. The Morgan fingerprint density at radius 2 is 1.81 bits per heavy atom. The fourth-order valence-corrected chi connectivity index (χ4v) is 1.55. The number of alkyl halides is 3. The second-order valence-electron chi connectivity index (χ2n) is 4.29. The number of aliphatic hydroxyl groups is 1. The fraction of sp³-hybridized carbons (Fsp3) is 0.385. The van der Waals surface area contributed by atoms with Gasteiger partial charge in [0, 0.05) is 6.54 Å². The maximum Gasteiger partial charge on any atom is 0.428 e. The van der Waals surface area contributed by atoms with E-state index < -0.39 is 30.1 Å². The summed E-state index contributed by atoms with van der Waals surface area (Å²) in [5.74, 6) is -3.05. The topological polar surface area (TPSA) is 75.6 Å². The Kier molecular flexibility index (Phi) is 5.31. The number of carbonyl (C=O) groups excluding carboxylic acids is 2. The molecule has 8 heteroatoms. The van der Waals surface area contributed by atoms with Crippen molar-refractivity contribution < 1.29 is 32.6 Å². The van der Waals surface area contributed by atoms with Gasteiger partial charge in [0.1, 0.15) is 0 Å². The highest BCUT2D eigenvalue weighted by Gasteiger charge is 2.61. The summed E-state index contributed by atoms with van der Waals surface area (Å²) in [4.78, 5) is 22.6. The first-order chi connectivity index (χ1) is 9.70. The standard InChI is InChI=1S/C13H14F3NO4/c1-21-11(19)12(20,13(14,15)16)7-10(18)17-8-9-5-3-2-4-6-9/h2-6,20H,7-8H2,1H3,(H,17,18). The van der Waals surface area contributed by atoms with Gasteiger partial charge in [0.15, 0.2) is 0 Å². The van der Waals surface area contributed by atoms with Gasteiger partial charge in [0.05, 0.1) is 13.5 Å². The van der Waals surface area contributed by atoms with Gasteiger partial charge >= 0.3 is 12.1 Å². The van der Waals surface area contributed by atoms with Crippen molar-refractivity contribution in [1.29, 1.82) is 0 Å². The van der Waals surface area contributed by atoms with E-state index in [9.17, 15) is 27.9 Å². The number of ether oxygens (including phenoxy) is 1. The largest absolute Gasteiger partial charge is 0.467 e. The minimum atomic E-state index is -5.32. The molecular weight excluding hydrogens is 291 g/mol. The lowest BCUT2D eigenvalue weighted by atomic mass is 9.98. The molecule has 1 aromatic carbocycles. The molecule has 0 bridgehead atoms. The Morgan fingerprint density at radius 1 is 1.24 bits per heavy atom. The molecule has 116 valence electrons. The summed E-state index contributed by atoms with van der Waals surface area (Å²) in [6.07, 6.45) is -6.78. The van der Waals surface area contributed by atoms with E-state index in [2.05, 4.69) is 10.1 Å². The molecule has 0 aliphatic carbocycles. The number of hydrogen-bond acceptors (Lipinski definition) is 4. The highest BCUT2D eigenvalue weighted by molar-refractivity contribution is 5.88. The van der Waals surface area contributed by atoms with E-state index in [-0.39, 0.29) is 6.54 Å². The summed E-state index contributed by atoms with van der Waals surface area (Å²) < 4.78 is 42.1. The number of benzene rings is 1. The number of amides is 1. The molecule has 0 spiro atoms. The number of halogens is 3. The van der Waals surface area contributed by atoms with Crippen molar-refractivity contribution in [3.05, 3.63) is 35.9 Å². The number of esters is 1. The molecule has 0 radical (unpaired) electrons. The summed E-state index contributed by atoms with van der Waals surface area (Å²) in [5.41, 5.74) is -3.19. The smallest absolute Gasteiger partial charge is 0.428 e. The molecular formula is C13H14F3NO4. The van der Waals surface area contributed by atoms with E-state index >= 15 is 0 Å². The summed E-state index contributed by atoms with van der Waals surface area (Å²) in [7, 11) is 0.695. The van der Waals surface area contributed by atoms with Crippen LogP contribution in [-0.4, -0.2) is 35.9 Å². The molecule has 1 amide bonds.